The van der Waals surface area contributed by atoms with Crippen LogP contribution in [0.15, 0.2) is 48.7 Å². The second-order valence-corrected chi connectivity index (χ2v) is 5.86. The van der Waals surface area contributed by atoms with Gasteiger partial charge < -0.3 is 9.88 Å². The molecule has 3 aromatic rings. The average molecular weight is 338 g/mol. The van der Waals surface area contributed by atoms with Crippen molar-refractivity contribution >= 4 is 22.6 Å². The third-order valence-electron chi connectivity index (χ3n) is 4.28. The number of hydrogen-bond acceptors (Lipinski definition) is 2. The summed E-state index contributed by atoms with van der Waals surface area (Å²) in [5.74, 6) is -0.640. The summed E-state index contributed by atoms with van der Waals surface area (Å²) < 4.78 is 16.1. The fourth-order valence-electron chi connectivity index (χ4n) is 2.94. The van der Waals surface area contributed by atoms with Gasteiger partial charge >= 0.3 is 0 Å². The van der Waals surface area contributed by atoms with E-state index in [2.05, 4.69) is 5.32 Å². The molecule has 1 heterocycles. The van der Waals surface area contributed by atoms with E-state index < -0.39 is 5.82 Å². The zero-order valence-corrected chi connectivity index (χ0v) is 14.2. The van der Waals surface area contributed by atoms with Crippen molar-refractivity contribution in [2.45, 2.75) is 19.9 Å². The third-order valence-corrected chi connectivity index (χ3v) is 4.28. The standard InChI is InChI=1S/C20H19FN2O2/c1-3-18(24)14-9-7-13(8-10-14)11-23-12-15(20(25)22-2)19-16(21)5-4-6-17(19)23/h4-10,12H,3,11H2,1-2H3,(H,22,25). The van der Waals surface area contributed by atoms with Crippen LogP contribution in [0.4, 0.5) is 4.39 Å². The molecule has 2 aromatic carbocycles. The molecule has 128 valence electrons. The Bertz CT molecular complexity index is 942. The molecule has 4 nitrogen and oxygen atoms in total. The Hall–Kier alpha value is -2.95. The molecule has 0 aliphatic rings. The van der Waals surface area contributed by atoms with Crippen LogP contribution >= 0.6 is 0 Å². The lowest BCUT2D eigenvalue weighted by Gasteiger charge is -2.07. The van der Waals surface area contributed by atoms with Crippen molar-refractivity contribution in [1.29, 1.82) is 0 Å². The number of carbonyl (C=O) groups is 2. The molecule has 0 fully saturated rings. The number of ketones is 1. The fourth-order valence-corrected chi connectivity index (χ4v) is 2.94. The highest BCUT2D eigenvalue weighted by atomic mass is 19.1. The molecule has 25 heavy (non-hydrogen) atoms. The first-order valence-electron chi connectivity index (χ1n) is 8.16. The molecule has 0 saturated heterocycles. The minimum Gasteiger partial charge on any atom is -0.355 e. The molecule has 0 aliphatic carbocycles. The predicted molar refractivity (Wildman–Crippen MR) is 95.5 cm³/mol. The number of Topliss-reactive ketones (excluding diaryl/α,β-unsaturated/α-hetero) is 1. The van der Waals surface area contributed by atoms with Crippen molar-refractivity contribution in [3.05, 3.63) is 71.2 Å². The second kappa shape index (κ2) is 6.89. The molecule has 1 aromatic heterocycles. The highest BCUT2D eigenvalue weighted by Crippen LogP contribution is 2.25. The van der Waals surface area contributed by atoms with Gasteiger partial charge in [-0.2, -0.15) is 0 Å². The van der Waals surface area contributed by atoms with Gasteiger partial charge in [0.15, 0.2) is 5.78 Å². The topological polar surface area (TPSA) is 51.1 Å². The Labute approximate surface area is 145 Å². The van der Waals surface area contributed by atoms with E-state index in [1.54, 1.807) is 30.5 Å². The van der Waals surface area contributed by atoms with Crippen molar-refractivity contribution in [1.82, 2.24) is 9.88 Å². The Morgan fingerprint density at radius 2 is 1.84 bits per heavy atom. The van der Waals surface area contributed by atoms with E-state index in [0.29, 0.717) is 35.0 Å². The minimum absolute atomic E-state index is 0.0990. The molecule has 0 spiro atoms. The Morgan fingerprint density at radius 3 is 2.48 bits per heavy atom. The Kier molecular flexibility index (Phi) is 4.65. The number of benzene rings is 2. The lowest BCUT2D eigenvalue weighted by atomic mass is 10.1. The SMILES string of the molecule is CCC(=O)c1ccc(Cn2cc(C(=O)NC)c3c(F)cccc32)cc1. The summed E-state index contributed by atoms with van der Waals surface area (Å²) in [6.45, 7) is 2.31. The molecule has 0 bridgehead atoms. The molecule has 3 rings (SSSR count). The molecule has 0 atom stereocenters. The van der Waals surface area contributed by atoms with Crippen LogP contribution in [0, 0.1) is 5.82 Å². The number of carbonyl (C=O) groups excluding carboxylic acids is 2. The summed E-state index contributed by atoms with van der Waals surface area (Å²) in [7, 11) is 1.52. The van der Waals surface area contributed by atoms with Crippen LogP contribution in [-0.2, 0) is 6.54 Å². The molecule has 1 N–H and O–H groups in total. The van der Waals surface area contributed by atoms with Gasteiger partial charge in [-0.25, -0.2) is 4.39 Å². The molecular weight excluding hydrogens is 319 g/mol. The first-order chi connectivity index (χ1) is 12.0. The molecule has 0 aliphatic heterocycles. The van der Waals surface area contributed by atoms with Gasteiger partial charge in [0, 0.05) is 37.2 Å². The maximum atomic E-state index is 14.2. The second-order valence-electron chi connectivity index (χ2n) is 5.86. The lowest BCUT2D eigenvalue weighted by molar-refractivity contribution is 0.0962. The van der Waals surface area contributed by atoms with Crippen LogP contribution < -0.4 is 5.32 Å². The number of nitrogens with zero attached hydrogens (tertiary/aromatic N) is 1. The maximum absolute atomic E-state index is 14.2. The van der Waals surface area contributed by atoms with E-state index >= 15 is 0 Å². The van der Waals surface area contributed by atoms with Gasteiger partial charge in [-0.15, -0.1) is 0 Å². The normalized spacial score (nSPS) is 10.8. The van der Waals surface area contributed by atoms with Gasteiger partial charge in [-0.3, -0.25) is 9.59 Å². The van der Waals surface area contributed by atoms with Crippen molar-refractivity contribution in [2.24, 2.45) is 0 Å². The highest BCUT2D eigenvalue weighted by Gasteiger charge is 2.17. The van der Waals surface area contributed by atoms with E-state index in [4.69, 9.17) is 0 Å². The molecule has 1 amide bonds. The number of rotatable bonds is 5. The van der Waals surface area contributed by atoms with Crippen LogP contribution in [0.3, 0.4) is 0 Å². The van der Waals surface area contributed by atoms with Crippen LogP contribution in [0.25, 0.3) is 10.9 Å². The van der Waals surface area contributed by atoms with Gasteiger partial charge in [0.25, 0.3) is 5.91 Å². The van der Waals surface area contributed by atoms with E-state index in [1.165, 1.54) is 13.1 Å². The smallest absolute Gasteiger partial charge is 0.253 e. The van der Waals surface area contributed by atoms with E-state index in [0.717, 1.165) is 5.56 Å². The zero-order valence-electron chi connectivity index (χ0n) is 14.2. The first-order valence-corrected chi connectivity index (χ1v) is 8.16. The van der Waals surface area contributed by atoms with Crippen LogP contribution in [-0.4, -0.2) is 23.3 Å². The summed E-state index contributed by atoms with van der Waals surface area (Å²) in [6.07, 6.45) is 2.13. The minimum atomic E-state index is -0.418. The van der Waals surface area contributed by atoms with Gasteiger partial charge in [0.2, 0.25) is 0 Å². The van der Waals surface area contributed by atoms with E-state index in [-0.39, 0.29) is 11.7 Å². The number of aromatic nitrogens is 1. The maximum Gasteiger partial charge on any atom is 0.253 e. The van der Waals surface area contributed by atoms with Crippen molar-refractivity contribution in [3.63, 3.8) is 0 Å². The van der Waals surface area contributed by atoms with Crippen LogP contribution in [0.2, 0.25) is 0 Å². The zero-order chi connectivity index (χ0) is 18.0. The van der Waals surface area contributed by atoms with Gasteiger partial charge in [-0.05, 0) is 17.7 Å². The molecule has 0 radical (unpaired) electrons. The predicted octanol–water partition coefficient (Wildman–Crippen LogP) is 3.78. The fraction of sp³-hybridized carbons (Fsp3) is 0.200. The summed E-state index contributed by atoms with van der Waals surface area (Å²) in [5.41, 5.74) is 2.62. The van der Waals surface area contributed by atoms with E-state index in [9.17, 15) is 14.0 Å². The third kappa shape index (κ3) is 3.18. The van der Waals surface area contributed by atoms with Gasteiger partial charge in [0.05, 0.1) is 11.1 Å². The number of hydrogen-bond donors (Lipinski definition) is 1. The van der Waals surface area contributed by atoms with Crippen molar-refractivity contribution in [3.8, 4) is 0 Å². The van der Waals surface area contributed by atoms with Crippen molar-refractivity contribution < 1.29 is 14.0 Å². The van der Waals surface area contributed by atoms with Crippen molar-refractivity contribution in [2.75, 3.05) is 7.05 Å². The van der Waals surface area contributed by atoms with Gasteiger partial charge in [-0.1, -0.05) is 37.3 Å². The largest absolute Gasteiger partial charge is 0.355 e. The Morgan fingerprint density at radius 1 is 1.12 bits per heavy atom. The van der Waals surface area contributed by atoms with Gasteiger partial charge in [0.1, 0.15) is 5.82 Å². The molecule has 5 heteroatoms. The number of nitrogens with one attached hydrogen (secondary N) is 1. The summed E-state index contributed by atoms with van der Waals surface area (Å²) in [6, 6.07) is 12.1. The van der Waals surface area contributed by atoms with E-state index in [1.807, 2.05) is 23.6 Å². The molecule has 0 unspecified atom stereocenters. The monoisotopic (exact) mass is 338 g/mol. The summed E-state index contributed by atoms with van der Waals surface area (Å²) in [4.78, 5) is 23.8. The number of amides is 1. The summed E-state index contributed by atoms with van der Waals surface area (Å²) >= 11 is 0. The van der Waals surface area contributed by atoms with Crippen LogP contribution in [0.5, 0.6) is 0 Å². The molecule has 0 saturated carbocycles. The number of fused-ring (bicyclic) bond motifs is 1. The number of halogens is 1. The molecular formula is C20H19FN2O2. The summed E-state index contributed by atoms with van der Waals surface area (Å²) in [5, 5.41) is 2.87. The quantitative estimate of drug-likeness (QED) is 0.720. The van der Waals surface area contributed by atoms with Crippen LogP contribution in [0.1, 0.15) is 39.6 Å². The average Bonchev–Trinajstić information content (AvgIpc) is 3.01. The highest BCUT2D eigenvalue weighted by molar-refractivity contribution is 6.07. The lowest BCUT2D eigenvalue weighted by Crippen LogP contribution is -2.17. The Balaban J connectivity index is 2.00. The first kappa shape index (κ1) is 16.9.